The molecule has 0 bridgehead atoms. The van der Waals surface area contributed by atoms with Gasteiger partial charge in [-0.25, -0.2) is 18.4 Å². The van der Waals surface area contributed by atoms with Crippen molar-refractivity contribution in [3.05, 3.63) is 82.3 Å². The van der Waals surface area contributed by atoms with Crippen molar-refractivity contribution in [2.45, 2.75) is 39.8 Å². The lowest BCUT2D eigenvalue weighted by molar-refractivity contribution is -0.129. The number of aromatic nitrogens is 3. The average Bonchev–Trinajstić information content (AvgIpc) is 3.41. The number of amides is 1. The zero-order chi connectivity index (χ0) is 25.6. The highest BCUT2D eigenvalue weighted by molar-refractivity contribution is 6.31. The minimum Gasteiger partial charge on any atom is -0.487 e. The van der Waals surface area contributed by atoms with Gasteiger partial charge in [-0.05, 0) is 49.6 Å². The Morgan fingerprint density at radius 1 is 1.22 bits per heavy atom. The number of likely N-dealkylation sites (tertiary alicyclic amines) is 1. The van der Waals surface area contributed by atoms with Crippen LogP contribution in [0.15, 0.2) is 48.8 Å². The number of carbonyl (C=O) groups excluding carboxylic acids is 1. The molecule has 2 aromatic heterocycles. The lowest BCUT2D eigenvalue weighted by Gasteiger charge is -2.27. The third-order valence-electron chi connectivity index (χ3n) is 6.54. The van der Waals surface area contributed by atoms with Gasteiger partial charge in [0.05, 0.1) is 29.1 Å². The quantitative estimate of drug-likeness (QED) is 0.311. The largest absolute Gasteiger partial charge is 0.487 e. The molecule has 1 aliphatic rings. The van der Waals surface area contributed by atoms with E-state index in [4.69, 9.17) is 16.3 Å². The zero-order valence-electron chi connectivity index (χ0n) is 20.1. The second-order valence-corrected chi connectivity index (χ2v) is 9.72. The predicted molar refractivity (Wildman–Crippen MR) is 133 cm³/mol. The van der Waals surface area contributed by atoms with E-state index < -0.39 is 11.6 Å². The topological polar surface area (TPSA) is 60.2 Å². The van der Waals surface area contributed by atoms with Crippen molar-refractivity contribution in [3.8, 4) is 11.4 Å². The monoisotopic (exact) mass is 510 g/mol. The third-order valence-corrected chi connectivity index (χ3v) is 6.88. The first kappa shape index (κ1) is 24.2. The second-order valence-electron chi connectivity index (χ2n) is 9.31. The van der Waals surface area contributed by atoms with E-state index in [9.17, 15) is 13.6 Å². The van der Waals surface area contributed by atoms with Crippen LogP contribution in [0, 0.1) is 24.5 Å². The predicted octanol–water partition coefficient (Wildman–Crippen LogP) is 6.17. The van der Waals surface area contributed by atoms with Crippen LogP contribution in [0.25, 0.3) is 16.6 Å². The first-order valence-corrected chi connectivity index (χ1v) is 12.1. The molecule has 36 heavy (non-hydrogen) atoms. The van der Waals surface area contributed by atoms with Gasteiger partial charge in [0.1, 0.15) is 23.7 Å². The van der Waals surface area contributed by atoms with Gasteiger partial charge in [0.25, 0.3) is 0 Å². The maximum atomic E-state index is 14.4. The highest BCUT2D eigenvalue weighted by Gasteiger charge is 2.32. The lowest BCUT2D eigenvalue weighted by atomic mass is 10.00. The Balaban J connectivity index is 1.51. The molecule has 3 heterocycles. The molecule has 6 nitrogen and oxygen atoms in total. The highest BCUT2D eigenvalue weighted by atomic mass is 35.5. The third kappa shape index (κ3) is 4.53. The van der Waals surface area contributed by atoms with Gasteiger partial charge in [0.2, 0.25) is 5.91 Å². The van der Waals surface area contributed by atoms with Gasteiger partial charge in [0.15, 0.2) is 5.82 Å². The molecule has 2 atom stereocenters. The van der Waals surface area contributed by atoms with Crippen molar-refractivity contribution in [2.24, 2.45) is 5.92 Å². The molecule has 1 fully saturated rings. The Labute approximate surface area is 212 Å². The Bertz CT molecular complexity index is 1470. The van der Waals surface area contributed by atoms with Gasteiger partial charge >= 0.3 is 0 Å². The van der Waals surface area contributed by atoms with Crippen LogP contribution < -0.4 is 4.74 Å². The molecule has 5 rings (SSSR count). The number of ether oxygens (including phenoxy) is 1. The number of benzene rings is 2. The molecule has 2 aromatic carbocycles. The Kier molecular flexibility index (Phi) is 6.38. The molecule has 1 aliphatic heterocycles. The number of rotatable bonds is 6. The molecular weight excluding hydrogens is 486 g/mol. The minimum atomic E-state index is -0.469. The number of hydrogen-bond donors (Lipinski definition) is 0. The van der Waals surface area contributed by atoms with E-state index in [1.165, 1.54) is 23.0 Å². The summed E-state index contributed by atoms with van der Waals surface area (Å²) in [4.78, 5) is 18.9. The van der Waals surface area contributed by atoms with E-state index in [-0.39, 0.29) is 29.5 Å². The summed E-state index contributed by atoms with van der Waals surface area (Å²) in [5.74, 6) is -0.132. The van der Waals surface area contributed by atoms with Crippen LogP contribution >= 0.6 is 11.6 Å². The smallest absolute Gasteiger partial charge is 0.223 e. The van der Waals surface area contributed by atoms with Gasteiger partial charge in [0, 0.05) is 29.6 Å². The maximum absolute atomic E-state index is 14.4. The van der Waals surface area contributed by atoms with Gasteiger partial charge in [-0.3, -0.25) is 4.79 Å². The fourth-order valence-corrected chi connectivity index (χ4v) is 5.09. The summed E-state index contributed by atoms with van der Waals surface area (Å²) in [7, 11) is 0. The summed E-state index contributed by atoms with van der Waals surface area (Å²) in [5.41, 5.74) is 3.18. The summed E-state index contributed by atoms with van der Waals surface area (Å²) in [6.07, 6.45) is 2.92. The molecule has 0 aliphatic carbocycles. The Morgan fingerprint density at radius 2 is 2.03 bits per heavy atom. The number of hydrogen-bond acceptors (Lipinski definition) is 4. The number of pyridine rings is 1. The minimum absolute atomic E-state index is 0.0403. The summed E-state index contributed by atoms with van der Waals surface area (Å²) >= 11 is 6.48. The second kappa shape index (κ2) is 9.50. The molecule has 186 valence electrons. The molecule has 0 N–H and O–H groups in total. The van der Waals surface area contributed by atoms with Gasteiger partial charge in [-0.1, -0.05) is 30.7 Å². The van der Waals surface area contributed by atoms with Gasteiger partial charge < -0.3 is 9.64 Å². The molecule has 0 spiro atoms. The highest BCUT2D eigenvalue weighted by Crippen LogP contribution is 2.35. The Morgan fingerprint density at radius 3 is 2.72 bits per heavy atom. The summed E-state index contributed by atoms with van der Waals surface area (Å²) in [5, 5.41) is 5.05. The first-order valence-electron chi connectivity index (χ1n) is 11.7. The van der Waals surface area contributed by atoms with Crippen molar-refractivity contribution in [1.82, 2.24) is 19.7 Å². The van der Waals surface area contributed by atoms with Crippen LogP contribution in [0.4, 0.5) is 8.78 Å². The van der Waals surface area contributed by atoms with E-state index in [0.717, 1.165) is 11.6 Å². The van der Waals surface area contributed by atoms with Crippen LogP contribution in [-0.4, -0.2) is 32.1 Å². The van der Waals surface area contributed by atoms with E-state index in [2.05, 4.69) is 10.1 Å². The standard InChI is InChI=1S/C27H25ClF2N4O2/c1-15-7-26(35)33(12-15)17(3)21-9-18(29)10-23(28)22(21)14-36-25-6-4-5-20-24(8-16(2)32-27(20)25)34-13-19(30)11-31-34/h4-6,8-11,13,15,17H,7,12,14H2,1-3H3/t15?,17-/m0/s1. The summed E-state index contributed by atoms with van der Waals surface area (Å²) in [6.45, 7) is 6.40. The van der Waals surface area contributed by atoms with Crippen LogP contribution in [0.5, 0.6) is 5.75 Å². The molecule has 4 aromatic rings. The van der Waals surface area contributed by atoms with E-state index in [1.807, 2.05) is 39.0 Å². The van der Waals surface area contributed by atoms with Crippen molar-refractivity contribution < 1.29 is 18.3 Å². The van der Waals surface area contributed by atoms with Gasteiger partial charge in [-0.15, -0.1) is 0 Å². The molecule has 0 radical (unpaired) electrons. The number of nitrogens with zero attached hydrogens (tertiary/aromatic N) is 4. The SMILES string of the molecule is Cc1cc(-n2cc(F)cn2)c2cccc(OCc3c(Cl)cc(F)cc3[C@H](C)N3CC(C)CC3=O)c2n1. The first-order chi connectivity index (χ1) is 17.2. The summed E-state index contributed by atoms with van der Waals surface area (Å²) < 4.78 is 35.7. The fraction of sp³-hybridized carbons (Fsp3) is 0.296. The van der Waals surface area contributed by atoms with E-state index in [0.29, 0.717) is 46.7 Å². The lowest BCUT2D eigenvalue weighted by Crippen LogP contribution is -2.29. The molecule has 1 unspecified atom stereocenters. The molecule has 9 heteroatoms. The van der Waals surface area contributed by atoms with Crippen molar-refractivity contribution in [2.75, 3.05) is 6.54 Å². The van der Waals surface area contributed by atoms with Crippen LogP contribution in [0.3, 0.4) is 0 Å². The van der Waals surface area contributed by atoms with Crippen LogP contribution in [0.2, 0.25) is 5.02 Å². The van der Waals surface area contributed by atoms with E-state index in [1.54, 1.807) is 11.0 Å². The molecule has 1 saturated heterocycles. The van der Waals surface area contributed by atoms with Crippen LogP contribution in [-0.2, 0) is 11.4 Å². The molecule has 1 amide bonds. The number of fused-ring (bicyclic) bond motifs is 1. The number of halogens is 3. The van der Waals surface area contributed by atoms with Crippen molar-refractivity contribution >= 4 is 28.4 Å². The number of carbonyl (C=O) groups is 1. The molecule has 0 saturated carbocycles. The zero-order valence-corrected chi connectivity index (χ0v) is 20.9. The van der Waals surface area contributed by atoms with Gasteiger partial charge in [-0.2, -0.15) is 5.10 Å². The van der Waals surface area contributed by atoms with E-state index >= 15 is 0 Å². The maximum Gasteiger partial charge on any atom is 0.223 e. The normalized spacial score (nSPS) is 16.7. The van der Waals surface area contributed by atoms with Crippen LogP contribution in [0.1, 0.15) is 43.1 Å². The number of para-hydroxylation sites is 1. The molecular formula is C27H25ClF2N4O2. The number of aryl methyl sites for hydroxylation is 1. The van der Waals surface area contributed by atoms with Crippen molar-refractivity contribution in [1.29, 1.82) is 0 Å². The average molecular weight is 511 g/mol. The summed E-state index contributed by atoms with van der Waals surface area (Å²) in [6, 6.07) is 9.60. The van der Waals surface area contributed by atoms with Crippen molar-refractivity contribution in [3.63, 3.8) is 0 Å². The fourth-order valence-electron chi connectivity index (χ4n) is 4.83. The Hall–Kier alpha value is -3.52.